The smallest absolute Gasteiger partial charge is 0.407 e. The summed E-state index contributed by atoms with van der Waals surface area (Å²) in [6.45, 7) is 2.04. The second-order valence-corrected chi connectivity index (χ2v) is 7.18. The number of nitrogens with zero attached hydrogens (tertiary/aromatic N) is 1. The maximum Gasteiger partial charge on any atom is 0.407 e. The first-order valence-corrected chi connectivity index (χ1v) is 10.3. The Morgan fingerprint density at radius 1 is 1.31 bits per heavy atom. The fourth-order valence-corrected chi connectivity index (χ4v) is 2.87. The van der Waals surface area contributed by atoms with E-state index in [1.54, 1.807) is 24.3 Å². The number of nitrogens with one attached hydrogen (secondary N) is 3. The molecule has 2 rings (SSSR count). The second-order valence-electron chi connectivity index (χ2n) is 7.18. The number of carbonyl (C=O) groups excluding carboxylic acids is 3. The average Bonchev–Trinajstić information content (AvgIpc) is 3.24. The predicted molar refractivity (Wildman–Crippen MR) is 116 cm³/mol. The van der Waals surface area contributed by atoms with Crippen molar-refractivity contribution >= 4 is 29.5 Å². The summed E-state index contributed by atoms with van der Waals surface area (Å²) in [7, 11) is 1.19. The number of carbonyl (C=O) groups is 3. The van der Waals surface area contributed by atoms with Crippen molar-refractivity contribution in [3.8, 4) is 0 Å². The Hall–Kier alpha value is -3.63. The van der Waals surface area contributed by atoms with Crippen LogP contribution < -0.4 is 16.4 Å². The molecule has 1 unspecified atom stereocenters. The molecule has 1 aromatic rings. The molecule has 0 bridgehead atoms. The van der Waals surface area contributed by atoms with Crippen molar-refractivity contribution in [3.05, 3.63) is 35.4 Å². The van der Waals surface area contributed by atoms with E-state index in [4.69, 9.17) is 20.7 Å². The van der Waals surface area contributed by atoms with Crippen LogP contribution in [0.25, 0.3) is 0 Å². The first-order chi connectivity index (χ1) is 15.3. The number of rotatable bonds is 11. The van der Waals surface area contributed by atoms with Crippen LogP contribution in [0.1, 0.15) is 43.7 Å². The highest BCUT2D eigenvalue weighted by Gasteiger charge is 2.27. The van der Waals surface area contributed by atoms with Gasteiger partial charge in [0.1, 0.15) is 18.0 Å². The molecule has 0 aromatic heterocycles. The Morgan fingerprint density at radius 3 is 2.66 bits per heavy atom. The maximum atomic E-state index is 12.3. The van der Waals surface area contributed by atoms with Gasteiger partial charge in [0.05, 0.1) is 25.8 Å². The zero-order valence-corrected chi connectivity index (χ0v) is 18.2. The molecule has 0 aliphatic carbocycles. The number of amidine groups is 1. The van der Waals surface area contributed by atoms with Crippen molar-refractivity contribution < 1.29 is 28.7 Å². The van der Waals surface area contributed by atoms with Gasteiger partial charge in [0.25, 0.3) is 0 Å². The number of oxime groups is 1. The minimum atomic E-state index is -1.07. The Kier molecular flexibility index (Phi) is 9.45. The SMILES string of the molecule is CCCCOC(=O)NC(CNC(=O)C[C@H]1CC(c2ccc(C(=N)N)cc2)=NO1)C(=O)OC. The van der Waals surface area contributed by atoms with Gasteiger partial charge in [0.2, 0.25) is 5.91 Å². The molecule has 1 heterocycles. The summed E-state index contributed by atoms with van der Waals surface area (Å²) in [6, 6.07) is 5.93. The van der Waals surface area contributed by atoms with Gasteiger partial charge in [-0.05, 0) is 12.0 Å². The lowest BCUT2D eigenvalue weighted by Crippen LogP contribution is -2.49. The number of ether oxygens (including phenoxy) is 2. The number of hydrogen-bond donors (Lipinski definition) is 4. The standard InChI is InChI=1S/C21H29N5O6/c1-3-4-9-31-21(29)25-17(20(28)30-2)12-24-18(27)11-15-10-16(26-32-15)13-5-7-14(8-6-13)19(22)23/h5-8,15,17H,3-4,9-12H2,1-2H3,(H3,22,23)(H,24,27)(H,25,29)/t15-,17?/m1/s1. The van der Waals surface area contributed by atoms with Gasteiger partial charge in [-0.15, -0.1) is 0 Å². The fourth-order valence-electron chi connectivity index (χ4n) is 2.87. The summed E-state index contributed by atoms with van der Waals surface area (Å²) in [6.07, 6.45) is 0.807. The summed E-state index contributed by atoms with van der Waals surface area (Å²) >= 11 is 0. The number of benzene rings is 1. The fraction of sp³-hybridized carbons (Fsp3) is 0.476. The van der Waals surface area contributed by atoms with Crippen molar-refractivity contribution in [2.24, 2.45) is 10.9 Å². The number of esters is 1. The average molecular weight is 447 g/mol. The summed E-state index contributed by atoms with van der Waals surface area (Å²) in [4.78, 5) is 41.3. The monoisotopic (exact) mass is 447 g/mol. The van der Waals surface area contributed by atoms with E-state index in [2.05, 4.69) is 20.5 Å². The van der Waals surface area contributed by atoms with Crippen molar-refractivity contribution in [1.29, 1.82) is 5.41 Å². The van der Waals surface area contributed by atoms with Gasteiger partial charge in [0, 0.05) is 18.5 Å². The molecule has 174 valence electrons. The molecule has 1 aliphatic rings. The molecule has 11 heteroatoms. The molecule has 0 radical (unpaired) electrons. The van der Waals surface area contributed by atoms with Gasteiger partial charge in [-0.25, -0.2) is 9.59 Å². The molecule has 0 spiro atoms. The van der Waals surface area contributed by atoms with Gasteiger partial charge < -0.3 is 30.7 Å². The lowest BCUT2D eigenvalue weighted by Gasteiger charge is -2.17. The van der Waals surface area contributed by atoms with Crippen molar-refractivity contribution in [3.63, 3.8) is 0 Å². The van der Waals surface area contributed by atoms with Gasteiger partial charge in [-0.1, -0.05) is 42.8 Å². The Labute approximate surface area is 186 Å². The Morgan fingerprint density at radius 2 is 2.03 bits per heavy atom. The minimum absolute atomic E-state index is 0.0212. The van der Waals surface area contributed by atoms with Crippen molar-refractivity contribution in [2.45, 2.75) is 44.8 Å². The Bertz CT molecular complexity index is 855. The predicted octanol–water partition coefficient (Wildman–Crippen LogP) is 1.04. The van der Waals surface area contributed by atoms with E-state index in [0.717, 1.165) is 12.0 Å². The summed E-state index contributed by atoms with van der Waals surface area (Å²) in [5, 5.41) is 16.4. The van der Waals surface area contributed by atoms with Crippen LogP contribution >= 0.6 is 0 Å². The third-order valence-corrected chi connectivity index (χ3v) is 4.69. The van der Waals surface area contributed by atoms with Crippen LogP contribution in [0.2, 0.25) is 0 Å². The number of methoxy groups -OCH3 is 1. The Balaban J connectivity index is 1.80. The van der Waals surface area contributed by atoms with E-state index in [0.29, 0.717) is 24.1 Å². The first-order valence-electron chi connectivity index (χ1n) is 10.3. The van der Waals surface area contributed by atoms with Crippen LogP contribution in [0, 0.1) is 5.41 Å². The van der Waals surface area contributed by atoms with E-state index in [9.17, 15) is 14.4 Å². The molecule has 2 atom stereocenters. The number of nitrogen functional groups attached to an aromatic ring is 1. The third kappa shape index (κ3) is 7.56. The van der Waals surface area contributed by atoms with Crippen LogP contribution in [0.3, 0.4) is 0 Å². The largest absolute Gasteiger partial charge is 0.467 e. The van der Waals surface area contributed by atoms with Crippen molar-refractivity contribution in [1.82, 2.24) is 10.6 Å². The lowest BCUT2D eigenvalue weighted by atomic mass is 10.0. The van der Waals surface area contributed by atoms with E-state index < -0.39 is 24.2 Å². The van der Waals surface area contributed by atoms with Gasteiger partial charge in [-0.2, -0.15) is 0 Å². The van der Waals surface area contributed by atoms with Crippen LogP contribution in [-0.2, 0) is 23.9 Å². The number of unbranched alkanes of at least 4 members (excludes halogenated alkanes) is 1. The summed E-state index contributed by atoms with van der Waals surface area (Å²) in [5.74, 6) is -1.09. The van der Waals surface area contributed by atoms with E-state index in [-0.39, 0.29) is 31.3 Å². The highest BCUT2D eigenvalue weighted by atomic mass is 16.6. The molecule has 32 heavy (non-hydrogen) atoms. The van der Waals surface area contributed by atoms with Crippen LogP contribution in [0.4, 0.5) is 4.79 Å². The van der Waals surface area contributed by atoms with Gasteiger partial charge in [-0.3, -0.25) is 10.2 Å². The summed E-state index contributed by atoms with van der Waals surface area (Å²) < 4.78 is 9.64. The molecule has 0 fully saturated rings. The normalized spacial score (nSPS) is 15.7. The highest BCUT2D eigenvalue weighted by molar-refractivity contribution is 6.02. The van der Waals surface area contributed by atoms with Crippen molar-refractivity contribution in [2.75, 3.05) is 20.3 Å². The van der Waals surface area contributed by atoms with Gasteiger partial charge >= 0.3 is 12.1 Å². The zero-order chi connectivity index (χ0) is 23.5. The van der Waals surface area contributed by atoms with E-state index in [1.807, 2.05) is 6.92 Å². The topological polar surface area (TPSA) is 165 Å². The van der Waals surface area contributed by atoms with E-state index >= 15 is 0 Å². The number of nitrogens with two attached hydrogens (primary N) is 1. The lowest BCUT2D eigenvalue weighted by molar-refractivity contribution is -0.143. The summed E-state index contributed by atoms with van der Waals surface area (Å²) in [5.41, 5.74) is 7.55. The second kappa shape index (κ2) is 12.3. The van der Waals surface area contributed by atoms with Crippen LogP contribution in [0.15, 0.2) is 29.4 Å². The molecular formula is C21H29N5O6. The van der Waals surface area contributed by atoms with Crippen LogP contribution in [0.5, 0.6) is 0 Å². The molecular weight excluding hydrogens is 418 g/mol. The third-order valence-electron chi connectivity index (χ3n) is 4.69. The molecule has 0 saturated carbocycles. The molecule has 1 aliphatic heterocycles. The zero-order valence-electron chi connectivity index (χ0n) is 18.2. The molecule has 1 aromatic carbocycles. The number of alkyl carbamates (subject to hydrolysis) is 1. The molecule has 11 nitrogen and oxygen atoms in total. The number of hydrogen-bond acceptors (Lipinski definition) is 8. The van der Waals surface area contributed by atoms with Crippen LogP contribution in [-0.4, -0.2) is 61.9 Å². The number of amides is 2. The van der Waals surface area contributed by atoms with Gasteiger partial charge in [0.15, 0.2) is 0 Å². The molecule has 2 amide bonds. The quantitative estimate of drug-likeness (QED) is 0.170. The first kappa shape index (κ1) is 24.6. The minimum Gasteiger partial charge on any atom is -0.467 e. The molecule has 5 N–H and O–H groups in total. The molecule has 0 saturated heterocycles. The maximum absolute atomic E-state index is 12.3. The highest BCUT2D eigenvalue weighted by Crippen LogP contribution is 2.19. The van der Waals surface area contributed by atoms with E-state index in [1.165, 1.54) is 7.11 Å².